The molecule has 144 valence electrons. The first-order valence-corrected chi connectivity index (χ1v) is 8.54. The molecule has 2 amide bonds. The smallest absolute Gasteiger partial charge is 0.230 e. The van der Waals surface area contributed by atoms with Crippen molar-refractivity contribution in [2.24, 2.45) is 5.92 Å². The minimum absolute atomic E-state index is 0. The number of nitrogen functional groups attached to an aromatic ring is 1. The molecule has 2 unspecified atom stereocenters. The number of amides is 2. The van der Waals surface area contributed by atoms with Gasteiger partial charge in [0.05, 0.1) is 24.8 Å². The molecule has 27 heavy (non-hydrogen) atoms. The van der Waals surface area contributed by atoms with E-state index in [2.05, 4.69) is 5.32 Å². The second-order valence-corrected chi connectivity index (χ2v) is 6.70. The van der Waals surface area contributed by atoms with Crippen LogP contribution in [0.3, 0.4) is 0 Å². The summed E-state index contributed by atoms with van der Waals surface area (Å²) in [6, 6.07) is 11.9. The summed E-state index contributed by atoms with van der Waals surface area (Å²) in [5.74, 6) is -0.300. The quantitative estimate of drug-likeness (QED) is 0.756. The van der Waals surface area contributed by atoms with E-state index in [0.29, 0.717) is 22.1 Å². The van der Waals surface area contributed by atoms with E-state index in [1.165, 1.54) is 7.11 Å². The van der Waals surface area contributed by atoms with E-state index >= 15 is 0 Å². The first-order valence-electron chi connectivity index (χ1n) is 8.16. The van der Waals surface area contributed by atoms with Crippen molar-refractivity contribution in [1.82, 2.24) is 4.90 Å². The van der Waals surface area contributed by atoms with Gasteiger partial charge >= 0.3 is 0 Å². The highest BCUT2D eigenvalue weighted by molar-refractivity contribution is 6.30. The van der Waals surface area contributed by atoms with Crippen molar-refractivity contribution in [3.8, 4) is 5.75 Å². The third-order valence-corrected chi connectivity index (χ3v) is 4.85. The number of carbonyl (C=O) groups excluding carboxylic acids is 2. The highest BCUT2D eigenvalue weighted by Gasteiger charge is 2.42. The zero-order chi connectivity index (χ0) is 18.8. The first kappa shape index (κ1) is 20.9. The molecule has 0 aromatic heterocycles. The molecule has 1 saturated heterocycles. The van der Waals surface area contributed by atoms with Crippen LogP contribution in [-0.4, -0.2) is 30.9 Å². The summed E-state index contributed by atoms with van der Waals surface area (Å²) in [6.45, 7) is 0. The number of methoxy groups -OCH3 is 1. The van der Waals surface area contributed by atoms with Gasteiger partial charge in [0.2, 0.25) is 11.8 Å². The third-order valence-electron chi connectivity index (χ3n) is 4.61. The van der Waals surface area contributed by atoms with Crippen molar-refractivity contribution in [3.05, 3.63) is 53.1 Å². The SMILES string of the molecule is COc1ccc(NC(=O)C2CC(=O)N(C)C2c2cccc(Cl)c2)cc1N.Cl. The summed E-state index contributed by atoms with van der Waals surface area (Å²) >= 11 is 6.08. The predicted molar refractivity (Wildman–Crippen MR) is 108 cm³/mol. The van der Waals surface area contributed by atoms with E-state index in [0.717, 1.165) is 5.56 Å². The summed E-state index contributed by atoms with van der Waals surface area (Å²) in [7, 11) is 3.23. The highest BCUT2D eigenvalue weighted by Crippen LogP contribution is 2.38. The molecule has 2 aromatic carbocycles. The van der Waals surface area contributed by atoms with Crippen LogP contribution >= 0.6 is 24.0 Å². The van der Waals surface area contributed by atoms with Crippen molar-refractivity contribution >= 4 is 47.2 Å². The maximum absolute atomic E-state index is 12.8. The topological polar surface area (TPSA) is 84.7 Å². The molecular weight excluding hydrogens is 389 g/mol. The maximum atomic E-state index is 12.8. The van der Waals surface area contributed by atoms with Gasteiger partial charge in [0.1, 0.15) is 5.75 Å². The second-order valence-electron chi connectivity index (χ2n) is 6.26. The minimum Gasteiger partial charge on any atom is -0.495 e. The molecule has 0 aliphatic carbocycles. The van der Waals surface area contributed by atoms with Gasteiger partial charge < -0.3 is 20.7 Å². The molecule has 0 spiro atoms. The molecular formula is C19H21Cl2N3O3. The lowest BCUT2D eigenvalue weighted by atomic mass is 9.93. The molecule has 1 aliphatic rings. The molecule has 1 heterocycles. The summed E-state index contributed by atoms with van der Waals surface area (Å²) in [5, 5.41) is 3.41. The normalized spacial score (nSPS) is 18.8. The fourth-order valence-corrected chi connectivity index (χ4v) is 3.50. The molecule has 2 atom stereocenters. The van der Waals surface area contributed by atoms with Crippen LogP contribution in [0, 0.1) is 5.92 Å². The zero-order valence-corrected chi connectivity index (χ0v) is 16.5. The number of ether oxygens (including phenoxy) is 1. The second kappa shape index (κ2) is 8.50. The molecule has 0 saturated carbocycles. The van der Waals surface area contributed by atoms with Gasteiger partial charge in [-0.05, 0) is 35.9 Å². The summed E-state index contributed by atoms with van der Waals surface area (Å²) in [5.41, 5.74) is 7.70. The lowest BCUT2D eigenvalue weighted by molar-refractivity contribution is -0.127. The number of nitrogens with two attached hydrogens (primary N) is 1. The maximum Gasteiger partial charge on any atom is 0.230 e. The van der Waals surface area contributed by atoms with E-state index in [9.17, 15) is 9.59 Å². The number of halogens is 2. The molecule has 3 N–H and O–H groups in total. The van der Waals surface area contributed by atoms with Gasteiger partial charge in [-0.15, -0.1) is 12.4 Å². The van der Waals surface area contributed by atoms with Gasteiger partial charge in [-0.2, -0.15) is 0 Å². The van der Waals surface area contributed by atoms with Crippen LogP contribution < -0.4 is 15.8 Å². The van der Waals surface area contributed by atoms with Gasteiger partial charge in [0.25, 0.3) is 0 Å². The Hall–Kier alpha value is -2.44. The number of hydrogen-bond donors (Lipinski definition) is 2. The zero-order valence-electron chi connectivity index (χ0n) is 14.9. The number of nitrogens with zero attached hydrogens (tertiary/aromatic N) is 1. The molecule has 8 heteroatoms. The van der Waals surface area contributed by atoms with Crippen LogP contribution in [0.1, 0.15) is 18.0 Å². The van der Waals surface area contributed by atoms with Crippen molar-refractivity contribution in [2.75, 3.05) is 25.2 Å². The van der Waals surface area contributed by atoms with Crippen molar-refractivity contribution < 1.29 is 14.3 Å². The standard InChI is InChI=1S/C19H20ClN3O3.ClH/c1-23-17(24)10-14(18(23)11-4-3-5-12(20)8-11)19(25)22-13-6-7-16(26-2)15(21)9-13;/h3-9,14,18H,10,21H2,1-2H3,(H,22,25);1H. The molecule has 1 fully saturated rings. The van der Waals surface area contributed by atoms with Crippen LogP contribution in [0.25, 0.3) is 0 Å². The van der Waals surface area contributed by atoms with Crippen molar-refractivity contribution in [1.29, 1.82) is 0 Å². The minimum atomic E-state index is -0.519. The Labute approximate surface area is 169 Å². The van der Waals surface area contributed by atoms with E-state index < -0.39 is 5.92 Å². The predicted octanol–water partition coefficient (Wildman–Crippen LogP) is 3.51. The van der Waals surface area contributed by atoms with Crippen LogP contribution in [0.4, 0.5) is 11.4 Å². The molecule has 6 nitrogen and oxygen atoms in total. The number of nitrogens with one attached hydrogen (secondary N) is 1. The fraction of sp³-hybridized carbons (Fsp3) is 0.263. The highest BCUT2D eigenvalue weighted by atomic mass is 35.5. The Morgan fingerprint density at radius 1 is 1.30 bits per heavy atom. The number of likely N-dealkylation sites (tertiary alicyclic amines) is 1. The molecule has 2 aromatic rings. The Balaban J connectivity index is 0.00000261. The summed E-state index contributed by atoms with van der Waals surface area (Å²) in [4.78, 5) is 26.7. The van der Waals surface area contributed by atoms with Crippen molar-refractivity contribution in [2.45, 2.75) is 12.5 Å². The largest absolute Gasteiger partial charge is 0.495 e. The average Bonchev–Trinajstić information content (AvgIpc) is 2.90. The fourth-order valence-electron chi connectivity index (χ4n) is 3.30. The van der Waals surface area contributed by atoms with Crippen LogP contribution in [0.2, 0.25) is 5.02 Å². The van der Waals surface area contributed by atoms with E-state index in [1.54, 1.807) is 42.3 Å². The monoisotopic (exact) mass is 409 g/mol. The van der Waals surface area contributed by atoms with Gasteiger partial charge in [0.15, 0.2) is 0 Å². The average molecular weight is 410 g/mol. The molecule has 3 rings (SSSR count). The lowest BCUT2D eigenvalue weighted by Crippen LogP contribution is -2.30. The van der Waals surface area contributed by atoms with E-state index in [-0.39, 0.29) is 36.7 Å². The van der Waals surface area contributed by atoms with Gasteiger partial charge in [0, 0.05) is 24.2 Å². The van der Waals surface area contributed by atoms with Gasteiger partial charge in [-0.3, -0.25) is 9.59 Å². The van der Waals surface area contributed by atoms with Gasteiger partial charge in [-0.25, -0.2) is 0 Å². The Kier molecular flexibility index (Phi) is 6.57. The summed E-state index contributed by atoms with van der Waals surface area (Å²) in [6.07, 6.45) is 0.144. The lowest BCUT2D eigenvalue weighted by Gasteiger charge is -2.25. The Morgan fingerprint density at radius 3 is 2.67 bits per heavy atom. The van der Waals surface area contributed by atoms with Crippen LogP contribution in [-0.2, 0) is 9.59 Å². The molecule has 0 radical (unpaired) electrons. The van der Waals surface area contributed by atoms with E-state index in [1.807, 2.05) is 12.1 Å². The summed E-state index contributed by atoms with van der Waals surface area (Å²) < 4.78 is 5.12. The molecule has 1 aliphatic heterocycles. The number of carbonyl (C=O) groups is 2. The first-order chi connectivity index (χ1) is 12.4. The van der Waals surface area contributed by atoms with Crippen LogP contribution in [0.5, 0.6) is 5.75 Å². The van der Waals surface area contributed by atoms with Gasteiger partial charge in [-0.1, -0.05) is 23.7 Å². The van der Waals surface area contributed by atoms with Crippen LogP contribution in [0.15, 0.2) is 42.5 Å². The Bertz CT molecular complexity index is 860. The van der Waals surface area contributed by atoms with Crippen molar-refractivity contribution in [3.63, 3.8) is 0 Å². The number of rotatable bonds is 4. The Morgan fingerprint density at radius 2 is 2.04 bits per heavy atom. The molecule has 0 bridgehead atoms. The third kappa shape index (κ3) is 4.28. The number of hydrogen-bond acceptors (Lipinski definition) is 4. The number of benzene rings is 2. The van der Waals surface area contributed by atoms with E-state index in [4.69, 9.17) is 22.1 Å². The number of anilines is 2.